The number of aromatic nitrogens is 1. The van der Waals surface area contributed by atoms with Crippen LogP contribution >= 0.6 is 0 Å². The Kier molecular flexibility index (Phi) is 5.90. The Bertz CT molecular complexity index is 1410. The summed E-state index contributed by atoms with van der Waals surface area (Å²) in [6, 6.07) is 20.3. The van der Waals surface area contributed by atoms with Crippen LogP contribution in [0.3, 0.4) is 0 Å². The maximum atomic E-state index is 12.7. The molecule has 0 bridgehead atoms. The normalized spacial score (nSPS) is 12.4. The number of rotatable bonds is 6. The lowest BCUT2D eigenvalue weighted by molar-refractivity contribution is -0.274. The van der Waals surface area contributed by atoms with Crippen molar-refractivity contribution < 1.29 is 31.1 Å². The number of para-hydroxylation sites is 1. The van der Waals surface area contributed by atoms with Crippen LogP contribution in [0.15, 0.2) is 89.2 Å². The van der Waals surface area contributed by atoms with E-state index in [2.05, 4.69) is 4.74 Å². The molecule has 0 radical (unpaired) electrons. The summed E-state index contributed by atoms with van der Waals surface area (Å²) in [4.78, 5) is 0.0822. The Morgan fingerprint density at radius 1 is 0.848 bits per heavy atom. The van der Waals surface area contributed by atoms with E-state index in [9.17, 15) is 21.6 Å². The lowest BCUT2D eigenvalue weighted by Crippen LogP contribution is -2.16. The number of fused-ring (bicyclic) bond motifs is 1. The SMILES string of the molecule is Cn1c(/C=C/S(=O)(=O)c2ccc(Oc3ccc(OC(F)(F)F)cc3)cc2)cc2ccccc21. The molecule has 0 amide bonds. The first-order valence-corrected chi connectivity index (χ1v) is 11.3. The molecule has 170 valence electrons. The Morgan fingerprint density at radius 3 is 2.03 bits per heavy atom. The van der Waals surface area contributed by atoms with Crippen LogP contribution in [0.2, 0.25) is 0 Å². The van der Waals surface area contributed by atoms with Gasteiger partial charge in [-0.1, -0.05) is 18.2 Å². The summed E-state index contributed by atoms with van der Waals surface area (Å²) in [6.07, 6.45) is -3.23. The minimum atomic E-state index is -4.77. The van der Waals surface area contributed by atoms with Crippen LogP contribution in [0.1, 0.15) is 5.69 Å². The number of hydrogen-bond donors (Lipinski definition) is 0. The van der Waals surface area contributed by atoms with E-state index in [0.717, 1.165) is 34.1 Å². The first kappa shape index (κ1) is 22.5. The molecule has 0 saturated heterocycles. The largest absolute Gasteiger partial charge is 0.573 e. The van der Waals surface area contributed by atoms with Crippen molar-refractivity contribution in [2.24, 2.45) is 7.05 Å². The third kappa shape index (κ3) is 5.38. The molecule has 1 aromatic heterocycles. The van der Waals surface area contributed by atoms with Gasteiger partial charge in [-0.3, -0.25) is 0 Å². The molecule has 0 aliphatic heterocycles. The van der Waals surface area contributed by atoms with Gasteiger partial charge in [0.05, 0.1) is 4.90 Å². The highest BCUT2D eigenvalue weighted by molar-refractivity contribution is 7.94. The molecule has 0 fully saturated rings. The molecule has 5 nitrogen and oxygen atoms in total. The van der Waals surface area contributed by atoms with Gasteiger partial charge in [0.1, 0.15) is 17.2 Å². The number of sulfone groups is 1. The van der Waals surface area contributed by atoms with Gasteiger partial charge in [-0.25, -0.2) is 8.42 Å². The summed E-state index contributed by atoms with van der Waals surface area (Å²) in [5.74, 6) is 0.237. The molecule has 4 aromatic rings. The Morgan fingerprint density at radius 2 is 1.42 bits per heavy atom. The van der Waals surface area contributed by atoms with Crippen LogP contribution in [0.25, 0.3) is 17.0 Å². The van der Waals surface area contributed by atoms with Gasteiger partial charge >= 0.3 is 6.36 Å². The molecular formula is C24H18F3NO4S. The Labute approximate surface area is 188 Å². The highest BCUT2D eigenvalue weighted by Crippen LogP contribution is 2.28. The lowest BCUT2D eigenvalue weighted by atomic mass is 10.2. The zero-order chi connectivity index (χ0) is 23.6. The molecular weight excluding hydrogens is 455 g/mol. The molecule has 1 heterocycles. The molecule has 0 unspecified atom stereocenters. The minimum Gasteiger partial charge on any atom is -0.457 e. The first-order valence-electron chi connectivity index (χ1n) is 9.72. The Balaban J connectivity index is 1.46. The van der Waals surface area contributed by atoms with E-state index in [1.807, 2.05) is 41.9 Å². The van der Waals surface area contributed by atoms with Gasteiger partial charge in [0.15, 0.2) is 9.84 Å². The van der Waals surface area contributed by atoms with Gasteiger partial charge in [-0.05, 0) is 66.7 Å². The van der Waals surface area contributed by atoms with Crippen molar-refractivity contribution in [1.29, 1.82) is 0 Å². The van der Waals surface area contributed by atoms with E-state index in [1.54, 1.807) is 6.08 Å². The summed E-state index contributed by atoms with van der Waals surface area (Å²) < 4.78 is 73.4. The quantitative estimate of drug-likeness (QED) is 0.329. The number of nitrogens with zero attached hydrogens (tertiary/aromatic N) is 1. The van der Waals surface area contributed by atoms with E-state index in [1.165, 1.54) is 36.4 Å². The maximum absolute atomic E-state index is 12.7. The second-order valence-corrected chi connectivity index (χ2v) is 8.96. The molecule has 9 heteroatoms. The highest BCUT2D eigenvalue weighted by atomic mass is 32.2. The summed E-state index contributed by atoms with van der Waals surface area (Å²) in [7, 11) is -1.83. The van der Waals surface area contributed by atoms with Gasteiger partial charge in [0.25, 0.3) is 0 Å². The number of ether oxygens (including phenoxy) is 2. The third-order valence-corrected chi connectivity index (χ3v) is 6.28. The summed E-state index contributed by atoms with van der Waals surface area (Å²) >= 11 is 0. The second kappa shape index (κ2) is 8.67. The fraction of sp³-hybridized carbons (Fsp3) is 0.0833. The van der Waals surface area contributed by atoms with Crippen molar-refractivity contribution in [2.75, 3.05) is 0 Å². The van der Waals surface area contributed by atoms with Gasteiger partial charge in [-0.2, -0.15) is 0 Å². The van der Waals surface area contributed by atoms with E-state index in [4.69, 9.17) is 4.74 Å². The first-order chi connectivity index (χ1) is 15.6. The number of halogens is 3. The van der Waals surface area contributed by atoms with Crippen molar-refractivity contribution in [1.82, 2.24) is 4.57 Å². The molecule has 0 atom stereocenters. The van der Waals surface area contributed by atoms with Crippen LogP contribution in [-0.4, -0.2) is 19.3 Å². The van der Waals surface area contributed by atoms with Crippen molar-refractivity contribution >= 4 is 26.8 Å². The van der Waals surface area contributed by atoms with E-state index >= 15 is 0 Å². The molecule has 3 aromatic carbocycles. The zero-order valence-corrected chi connectivity index (χ0v) is 18.1. The highest BCUT2D eigenvalue weighted by Gasteiger charge is 2.31. The zero-order valence-electron chi connectivity index (χ0n) is 17.3. The van der Waals surface area contributed by atoms with Crippen LogP contribution in [-0.2, 0) is 16.9 Å². The average molecular weight is 473 g/mol. The minimum absolute atomic E-state index is 0.0822. The van der Waals surface area contributed by atoms with Crippen LogP contribution in [0.4, 0.5) is 13.2 Å². The van der Waals surface area contributed by atoms with E-state index in [-0.39, 0.29) is 16.4 Å². The monoisotopic (exact) mass is 473 g/mol. The molecule has 0 aliphatic carbocycles. The van der Waals surface area contributed by atoms with E-state index < -0.39 is 16.2 Å². The summed E-state index contributed by atoms with van der Waals surface area (Å²) in [5, 5.41) is 2.16. The fourth-order valence-electron chi connectivity index (χ4n) is 3.25. The molecule has 0 N–H and O–H groups in total. The summed E-state index contributed by atoms with van der Waals surface area (Å²) in [5.41, 5.74) is 1.74. The van der Waals surface area contributed by atoms with Crippen molar-refractivity contribution in [2.45, 2.75) is 11.3 Å². The molecule has 0 aliphatic rings. The smallest absolute Gasteiger partial charge is 0.457 e. The number of benzene rings is 3. The van der Waals surface area contributed by atoms with Crippen LogP contribution < -0.4 is 9.47 Å². The third-order valence-electron chi connectivity index (χ3n) is 4.85. The fourth-order valence-corrected chi connectivity index (χ4v) is 4.24. The number of aryl methyl sites for hydroxylation is 1. The van der Waals surface area contributed by atoms with Gasteiger partial charge in [-0.15, -0.1) is 13.2 Å². The number of hydrogen-bond acceptors (Lipinski definition) is 4. The van der Waals surface area contributed by atoms with Crippen molar-refractivity contribution in [3.05, 3.63) is 90.0 Å². The van der Waals surface area contributed by atoms with E-state index in [0.29, 0.717) is 5.75 Å². The van der Waals surface area contributed by atoms with Crippen LogP contribution in [0, 0.1) is 0 Å². The predicted molar refractivity (Wildman–Crippen MR) is 119 cm³/mol. The summed E-state index contributed by atoms with van der Waals surface area (Å²) in [6.45, 7) is 0. The average Bonchev–Trinajstić information content (AvgIpc) is 3.09. The van der Waals surface area contributed by atoms with Gasteiger partial charge in [0.2, 0.25) is 0 Å². The lowest BCUT2D eigenvalue weighted by Gasteiger charge is -2.10. The standard InChI is InChI=1S/C24H18F3NO4S/c1-28-18(16-17-4-2-3-5-23(17)28)14-15-33(29,30)22-12-10-20(11-13-22)31-19-6-8-21(9-7-19)32-24(25,26)27/h2-16H,1H3/b15-14+. The van der Waals surface area contributed by atoms with Crippen LogP contribution in [0.5, 0.6) is 17.2 Å². The topological polar surface area (TPSA) is 57.5 Å². The second-order valence-electron chi connectivity index (χ2n) is 7.13. The van der Waals surface area contributed by atoms with Crippen molar-refractivity contribution in [3.63, 3.8) is 0 Å². The number of alkyl halides is 3. The molecule has 0 saturated carbocycles. The maximum Gasteiger partial charge on any atom is 0.573 e. The van der Waals surface area contributed by atoms with Gasteiger partial charge in [0, 0.05) is 29.1 Å². The predicted octanol–water partition coefficient (Wildman–Crippen LogP) is 6.31. The molecule has 4 rings (SSSR count). The molecule has 0 spiro atoms. The van der Waals surface area contributed by atoms with Gasteiger partial charge < -0.3 is 14.0 Å². The Hall–Kier alpha value is -3.72. The van der Waals surface area contributed by atoms with Crippen molar-refractivity contribution in [3.8, 4) is 17.2 Å². The molecule has 33 heavy (non-hydrogen) atoms.